The first-order valence-electron chi connectivity index (χ1n) is 7.09. The van der Waals surface area contributed by atoms with Crippen LogP contribution in [0.4, 0.5) is 11.6 Å². The Hall–Kier alpha value is -1.36. The third kappa shape index (κ3) is 3.80. The van der Waals surface area contributed by atoms with Crippen molar-refractivity contribution in [3.63, 3.8) is 0 Å². The first-order valence-corrected chi connectivity index (χ1v) is 7.09. The number of aliphatic hydroxyl groups is 1. The van der Waals surface area contributed by atoms with Crippen molar-refractivity contribution in [3.8, 4) is 0 Å². The molecule has 1 aromatic heterocycles. The van der Waals surface area contributed by atoms with Crippen molar-refractivity contribution in [1.29, 1.82) is 0 Å². The summed E-state index contributed by atoms with van der Waals surface area (Å²) < 4.78 is 0. The largest absolute Gasteiger partial charge is 0.396 e. The highest BCUT2D eigenvalue weighted by atomic mass is 16.3. The quantitative estimate of drug-likeness (QED) is 0.874. The summed E-state index contributed by atoms with van der Waals surface area (Å²) in [5.41, 5.74) is 0. The lowest BCUT2D eigenvalue weighted by Crippen LogP contribution is -2.33. The Morgan fingerprint density at radius 1 is 1.37 bits per heavy atom. The summed E-state index contributed by atoms with van der Waals surface area (Å²) in [6, 6.07) is 2.05. The second-order valence-electron chi connectivity index (χ2n) is 5.40. The maximum absolute atomic E-state index is 8.88. The first kappa shape index (κ1) is 14.1. The molecule has 1 aliphatic heterocycles. The van der Waals surface area contributed by atoms with E-state index in [9.17, 15) is 0 Å². The van der Waals surface area contributed by atoms with Crippen molar-refractivity contribution >= 4 is 11.6 Å². The average molecular weight is 264 g/mol. The lowest BCUT2D eigenvalue weighted by atomic mass is 9.99. The van der Waals surface area contributed by atoms with Crippen LogP contribution in [-0.2, 0) is 0 Å². The topological polar surface area (TPSA) is 52.5 Å². The van der Waals surface area contributed by atoms with Crippen LogP contribution in [-0.4, -0.2) is 48.4 Å². The number of hydrogen-bond donors (Lipinski definition) is 1. The summed E-state index contributed by atoms with van der Waals surface area (Å²) in [6.07, 6.45) is 4.87. The Bertz CT molecular complexity index is 391. The van der Waals surface area contributed by atoms with Gasteiger partial charge in [0.2, 0.25) is 0 Å². The van der Waals surface area contributed by atoms with Gasteiger partial charge in [0.05, 0.1) is 0 Å². The van der Waals surface area contributed by atoms with E-state index in [0.717, 1.165) is 43.6 Å². The molecule has 2 heterocycles. The zero-order valence-corrected chi connectivity index (χ0v) is 11.9. The van der Waals surface area contributed by atoms with Gasteiger partial charge in [-0.3, -0.25) is 0 Å². The fourth-order valence-corrected chi connectivity index (χ4v) is 2.38. The van der Waals surface area contributed by atoms with E-state index in [1.165, 1.54) is 12.8 Å². The van der Waals surface area contributed by atoms with Crippen molar-refractivity contribution < 1.29 is 5.11 Å². The molecule has 0 atom stereocenters. The van der Waals surface area contributed by atoms with Crippen LogP contribution < -0.4 is 9.80 Å². The van der Waals surface area contributed by atoms with Crippen molar-refractivity contribution in [1.82, 2.24) is 9.97 Å². The Morgan fingerprint density at radius 3 is 2.79 bits per heavy atom. The third-order valence-corrected chi connectivity index (χ3v) is 3.79. The average Bonchev–Trinajstić information content (AvgIpc) is 2.45. The smallest absolute Gasteiger partial charge is 0.134 e. The maximum atomic E-state index is 8.88. The fourth-order valence-electron chi connectivity index (χ4n) is 2.38. The van der Waals surface area contributed by atoms with E-state index in [4.69, 9.17) is 5.11 Å². The van der Waals surface area contributed by atoms with Crippen LogP contribution in [0.1, 0.15) is 26.2 Å². The highest BCUT2D eigenvalue weighted by molar-refractivity contribution is 5.49. The number of aromatic nitrogens is 2. The second-order valence-corrected chi connectivity index (χ2v) is 5.40. The summed E-state index contributed by atoms with van der Waals surface area (Å²) in [5.74, 6) is 2.77. The summed E-state index contributed by atoms with van der Waals surface area (Å²) in [5, 5.41) is 8.88. The van der Waals surface area contributed by atoms with Gasteiger partial charge in [-0.2, -0.15) is 0 Å². The van der Waals surface area contributed by atoms with E-state index in [1.54, 1.807) is 6.33 Å². The molecule has 0 amide bonds. The molecule has 0 aromatic carbocycles. The molecule has 0 unspecified atom stereocenters. The van der Waals surface area contributed by atoms with Gasteiger partial charge in [0.25, 0.3) is 0 Å². The van der Waals surface area contributed by atoms with Gasteiger partial charge in [0, 0.05) is 39.4 Å². The van der Waals surface area contributed by atoms with Gasteiger partial charge >= 0.3 is 0 Å². The van der Waals surface area contributed by atoms with Gasteiger partial charge in [-0.1, -0.05) is 6.92 Å². The minimum Gasteiger partial charge on any atom is -0.396 e. The molecule has 5 heteroatoms. The second kappa shape index (κ2) is 6.70. The number of piperidine rings is 1. The number of nitrogens with zero attached hydrogens (tertiary/aromatic N) is 4. The molecule has 1 aromatic rings. The van der Waals surface area contributed by atoms with E-state index in [-0.39, 0.29) is 6.61 Å². The maximum Gasteiger partial charge on any atom is 0.134 e. The first-order chi connectivity index (χ1) is 9.20. The number of aliphatic hydroxyl groups excluding tert-OH is 1. The van der Waals surface area contributed by atoms with Gasteiger partial charge < -0.3 is 14.9 Å². The zero-order chi connectivity index (χ0) is 13.7. The summed E-state index contributed by atoms with van der Waals surface area (Å²) in [7, 11) is 2.00. The Morgan fingerprint density at radius 2 is 2.11 bits per heavy atom. The molecule has 1 aliphatic rings. The van der Waals surface area contributed by atoms with Crippen LogP contribution in [0.2, 0.25) is 0 Å². The predicted molar refractivity (Wildman–Crippen MR) is 77.6 cm³/mol. The van der Waals surface area contributed by atoms with E-state index >= 15 is 0 Å². The molecule has 0 radical (unpaired) electrons. The Labute approximate surface area is 115 Å². The molecule has 0 aliphatic carbocycles. The van der Waals surface area contributed by atoms with Crippen LogP contribution in [0.3, 0.4) is 0 Å². The minimum absolute atomic E-state index is 0.215. The van der Waals surface area contributed by atoms with E-state index < -0.39 is 0 Å². The van der Waals surface area contributed by atoms with Crippen molar-refractivity contribution in [2.75, 3.05) is 43.1 Å². The summed E-state index contributed by atoms with van der Waals surface area (Å²) in [6.45, 7) is 5.50. The fraction of sp³-hybridized carbons (Fsp3) is 0.714. The van der Waals surface area contributed by atoms with Crippen molar-refractivity contribution in [2.45, 2.75) is 26.2 Å². The normalized spacial score (nSPS) is 16.7. The molecule has 19 heavy (non-hydrogen) atoms. The SMILES string of the molecule is CC1CCN(c2cc(N(C)CCCO)ncn2)CC1. The van der Waals surface area contributed by atoms with E-state index in [2.05, 4.69) is 26.7 Å². The molecule has 5 nitrogen and oxygen atoms in total. The molecule has 0 bridgehead atoms. The highest BCUT2D eigenvalue weighted by Crippen LogP contribution is 2.23. The predicted octanol–water partition coefficient (Wildman–Crippen LogP) is 1.53. The van der Waals surface area contributed by atoms with E-state index in [0.29, 0.717) is 0 Å². The lowest BCUT2D eigenvalue weighted by Gasteiger charge is -2.31. The third-order valence-electron chi connectivity index (χ3n) is 3.79. The molecule has 1 saturated heterocycles. The number of anilines is 2. The summed E-state index contributed by atoms with van der Waals surface area (Å²) in [4.78, 5) is 13.1. The monoisotopic (exact) mass is 264 g/mol. The van der Waals surface area contributed by atoms with Gasteiger partial charge in [0.15, 0.2) is 0 Å². The molecule has 1 fully saturated rings. The Kier molecular flexibility index (Phi) is 4.96. The van der Waals surface area contributed by atoms with Gasteiger partial charge in [0.1, 0.15) is 18.0 Å². The standard InChI is InChI=1S/C14H24N4O/c1-12-4-7-18(8-5-12)14-10-13(15-11-16-14)17(2)6-3-9-19/h10-12,19H,3-9H2,1-2H3. The van der Waals surface area contributed by atoms with Crippen LogP contribution in [0.25, 0.3) is 0 Å². The van der Waals surface area contributed by atoms with Crippen LogP contribution in [0.15, 0.2) is 12.4 Å². The van der Waals surface area contributed by atoms with Crippen LogP contribution >= 0.6 is 0 Å². The zero-order valence-electron chi connectivity index (χ0n) is 11.9. The molecule has 0 saturated carbocycles. The van der Waals surface area contributed by atoms with Crippen LogP contribution in [0.5, 0.6) is 0 Å². The Balaban J connectivity index is 2.02. The lowest BCUT2D eigenvalue weighted by molar-refractivity contribution is 0.290. The van der Waals surface area contributed by atoms with E-state index in [1.807, 2.05) is 13.1 Å². The molecule has 1 N–H and O–H groups in total. The minimum atomic E-state index is 0.215. The molecule has 106 valence electrons. The summed E-state index contributed by atoms with van der Waals surface area (Å²) >= 11 is 0. The van der Waals surface area contributed by atoms with Crippen molar-refractivity contribution in [2.24, 2.45) is 5.92 Å². The number of rotatable bonds is 5. The van der Waals surface area contributed by atoms with Gasteiger partial charge in [-0.05, 0) is 25.2 Å². The molecular formula is C14H24N4O. The molecular weight excluding hydrogens is 240 g/mol. The molecule has 0 spiro atoms. The number of hydrogen-bond acceptors (Lipinski definition) is 5. The van der Waals surface area contributed by atoms with Gasteiger partial charge in [-0.25, -0.2) is 9.97 Å². The van der Waals surface area contributed by atoms with Crippen molar-refractivity contribution in [3.05, 3.63) is 12.4 Å². The van der Waals surface area contributed by atoms with Gasteiger partial charge in [-0.15, -0.1) is 0 Å². The van der Waals surface area contributed by atoms with Crippen LogP contribution in [0, 0.1) is 5.92 Å². The highest BCUT2D eigenvalue weighted by Gasteiger charge is 2.17. The molecule has 2 rings (SSSR count).